The Bertz CT molecular complexity index is 718. The van der Waals surface area contributed by atoms with Gasteiger partial charge in [0, 0.05) is 25.0 Å². The van der Waals surface area contributed by atoms with Crippen LogP contribution in [-0.2, 0) is 12.7 Å². The molecule has 0 aliphatic rings. The summed E-state index contributed by atoms with van der Waals surface area (Å²) in [7, 11) is 0. The van der Waals surface area contributed by atoms with Crippen LogP contribution in [0.25, 0.3) is 11.3 Å². The molecule has 0 atom stereocenters. The summed E-state index contributed by atoms with van der Waals surface area (Å²) in [5, 5.41) is 0. The summed E-state index contributed by atoms with van der Waals surface area (Å²) in [5.74, 6) is 0. The summed E-state index contributed by atoms with van der Waals surface area (Å²) in [6, 6.07) is 3.59. The summed E-state index contributed by atoms with van der Waals surface area (Å²) in [4.78, 5) is 16.2. The minimum Gasteiger partial charge on any atom is -0.326 e. The van der Waals surface area contributed by atoms with Crippen molar-refractivity contribution >= 4 is 0 Å². The average Bonchev–Trinajstić information content (AvgIpc) is 2.46. The van der Waals surface area contributed by atoms with E-state index in [4.69, 9.17) is 5.73 Å². The third kappa shape index (κ3) is 3.19. The van der Waals surface area contributed by atoms with E-state index in [9.17, 15) is 18.0 Å². The normalized spacial score (nSPS) is 12.0. The van der Waals surface area contributed by atoms with Crippen LogP contribution in [0.4, 0.5) is 13.2 Å². The first-order valence-corrected chi connectivity index (χ1v) is 6.72. The number of nitrogens with zero attached hydrogens (tertiary/aromatic N) is 2. The van der Waals surface area contributed by atoms with Gasteiger partial charge >= 0.3 is 6.18 Å². The van der Waals surface area contributed by atoms with Crippen LogP contribution in [0.2, 0.25) is 0 Å². The molecule has 0 aliphatic heterocycles. The lowest BCUT2D eigenvalue weighted by Crippen LogP contribution is -2.24. The Morgan fingerprint density at radius 3 is 2.45 bits per heavy atom. The van der Waals surface area contributed by atoms with Crippen LogP contribution in [0.5, 0.6) is 0 Å². The van der Waals surface area contributed by atoms with E-state index in [0.29, 0.717) is 5.56 Å². The third-order valence-electron chi connectivity index (χ3n) is 3.26. The van der Waals surface area contributed by atoms with Gasteiger partial charge in [-0.05, 0) is 37.6 Å². The zero-order valence-electron chi connectivity index (χ0n) is 12.2. The topological polar surface area (TPSA) is 60.9 Å². The minimum atomic E-state index is -4.46. The Morgan fingerprint density at radius 2 is 2.00 bits per heavy atom. The number of pyridine rings is 2. The van der Waals surface area contributed by atoms with Gasteiger partial charge < -0.3 is 10.3 Å². The molecule has 0 radical (unpaired) electrons. The summed E-state index contributed by atoms with van der Waals surface area (Å²) >= 11 is 0. The zero-order chi connectivity index (χ0) is 16.5. The molecule has 0 unspecified atom stereocenters. The summed E-state index contributed by atoms with van der Waals surface area (Å²) < 4.78 is 39.2. The van der Waals surface area contributed by atoms with Crippen molar-refractivity contribution in [3.63, 3.8) is 0 Å². The van der Waals surface area contributed by atoms with Gasteiger partial charge in [-0.25, -0.2) is 0 Å². The first-order valence-electron chi connectivity index (χ1n) is 6.72. The molecule has 2 heterocycles. The fourth-order valence-electron chi connectivity index (χ4n) is 2.06. The fraction of sp³-hybridized carbons (Fsp3) is 0.333. The molecule has 2 aromatic heterocycles. The summed E-state index contributed by atoms with van der Waals surface area (Å²) in [5.41, 5.74) is 5.61. The molecule has 0 saturated carbocycles. The van der Waals surface area contributed by atoms with Crippen molar-refractivity contribution < 1.29 is 13.2 Å². The van der Waals surface area contributed by atoms with Crippen LogP contribution >= 0.6 is 0 Å². The monoisotopic (exact) mass is 311 g/mol. The van der Waals surface area contributed by atoms with E-state index in [1.54, 1.807) is 12.3 Å². The van der Waals surface area contributed by atoms with E-state index >= 15 is 0 Å². The molecule has 0 saturated heterocycles. The second-order valence-corrected chi connectivity index (χ2v) is 5.20. The predicted octanol–water partition coefficient (Wildman–Crippen LogP) is 2.97. The Morgan fingerprint density at radius 1 is 1.32 bits per heavy atom. The zero-order valence-corrected chi connectivity index (χ0v) is 12.2. The highest BCUT2D eigenvalue weighted by Gasteiger charge is 2.30. The van der Waals surface area contributed by atoms with Crippen LogP contribution in [0.15, 0.2) is 35.4 Å². The number of nitrogens with two attached hydrogens (primary N) is 1. The number of aromatic nitrogens is 2. The van der Waals surface area contributed by atoms with Crippen molar-refractivity contribution in [1.82, 2.24) is 9.55 Å². The molecule has 0 spiro atoms. The van der Waals surface area contributed by atoms with Gasteiger partial charge in [-0.2, -0.15) is 13.2 Å². The molecule has 2 aromatic rings. The van der Waals surface area contributed by atoms with Crippen molar-refractivity contribution in [2.75, 3.05) is 0 Å². The number of alkyl halides is 3. The summed E-state index contributed by atoms with van der Waals surface area (Å²) in [6.07, 6.45) is -2.08. The molecule has 4 nitrogen and oxygen atoms in total. The molecule has 118 valence electrons. The third-order valence-corrected chi connectivity index (χ3v) is 3.26. The number of hydrogen-bond donors (Lipinski definition) is 1. The van der Waals surface area contributed by atoms with E-state index in [-0.39, 0.29) is 29.4 Å². The Hall–Kier alpha value is -2.15. The van der Waals surface area contributed by atoms with Crippen LogP contribution in [0.1, 0.15) is 31.0 Å². The predicted molar refractivity (Wildman–Crippen MR) is 77.2 cm³/mol. The van der Waals surface area contributed by atoms with E-state index < -0.39 is 11.7 Å². The SMILES string of the molecule is CC(C)n1cc(CN)cc(-c2ccc(C(F)(F)F)cn2)c1=O. The number of hydrogen-bond acceptors (Lipinski definition) is 3. The Balaban J connectivity index is 2.57. The lowest BCUT2D eigenvalue weighted by atomic mass is 10.1. The average molecular weight is 311 g/mol. The lowest BCUT2D eigenvalue weighted by molar-refractivity contribution is -0.137. The van der Waals surface area contributed by atoms with E-state index in [1.165, 1.54) is 10.6 Å². The maximum absolute atomic E-state index is 12.6. The molecular weight excluding hydrogens is 295 g/mol. The maximum atomic E-state index is 12.6. The smallest absolute Gasteiger partial charge is 0.326 e. The molecule has 0 bridgehead atoms. The highest BCUT2D eigenvalue weighted by atomic mass is 19.4. The van der Waals surface area contributed by atoms with Gasteiger partial charge in [0.1, 0.15) is 0 Å². The molecule has 22 heavy (non-hydrogen) atoms. The molecule has 0 aromatic carbocycles. The number of rotatable bonds is 3. The Kier molecular flexibility index (Phi) is 4.37. The molecule has 0 aliphatic carbocycles. The fourth-order valence-corrected chi connectivity index (χ4v) is 2.06. The van der Waals surface area contributed by atoms with E-state index in [0.717, 1.165) is 12.3 Å². The van der Waals surface area contributed by atoms with Gasteiger partial charge in [0.15, 0.2) is 0 Å². The van der Waals surface area contributed by atoms with Crippen molar-refractivity contribution in [2.45, 2.75) is 32.6 Å². The van der Waals surface area contributed by atoms with Crippen LogP contribution in [0, 0.1) is 0 Å². The quantitative estimate of drug-likeness (QED) is 0.948. The molecular formula is C15H16F3N3O. The Labute approximate surface area is 125 Å². The van der Waals surface area contributed by atoms with Crippen molar-refractivity contribution in [1.29, 1.82) is 0 Å². The molecule has 0 fully saturated rings. The second-order valence-electron chi connectivity index (χ2n) is 5.20. The van der Waals surface area contributed by atoms with Crippen LogP contribution < -0.4 is 11.3 Å². The van der Waals surface area contributed by atoms with Crippen molar-refractivity contribution in [2.24, 2.45) is 5.73 Å². The van der Waals surface area contributed by atoms with Gasteiger partial charge in [-0.15, -0.1) is 0 Å². The largest absolute Gasteiger partial charge is 0.417 e. The molecule has 7 heteroatoms. The first kappa shape index (κ1) is 16.2. The van der Waals surface area contributed by atoms with Gasteiger partial charge in [-0.3, -0.25) is 9.78 Å². The van der Waals surface area contributed by atoms with E-state index in [1.807, 2.05) is 13.8 Å². The van der Waals surface area contributed by atoms with Gasteiger partial charge in [0.05, 0.1) is 16.8 Å². The second kappa shape index (κ2) is 5.92. The standard InChI is InChI=1S/C15H16F3N3O/c1-9(2)21-8-10(6-19)5-12(14(21)22)13-4-3-11(7-20-13)15(16,17)18/h3-5,7-9H,6,19H2,1-2H3. The van der Waals surface area contributed by atoms with E-state index in [2.05, 4.69) is 4.98 Å². The lowest BCUT2D eigenvalue weighted by Gasteiger charge is -2.14. The van der Waals surface area contributed by atoms with Crippen molar-refractivity contribution in [3.8, 4) is 11.3 Å². The highest BCUT2D eigenvalue weighted by Crippen LogP contribution is 2.29. The molecule has 2 rings (SSSR count). The number of halogens is 3. The maximum Gasteiger partial charge on any atom is 0.417 e. The minimum absolute atomic E-state index is 0.0906. The highest BCUT2D eigenvalue weighted by molar-refractivity contribution is 5.59. The van der Waals surface area contributed by atoms with Crippen LogP contribution in [0.3, 0.4) is 0 Å². The summed E-state index contributed by atoms with van der Waals surface area (Å²) in [6.45, 7) is 3.90. The molecule has 2 N–H and O–H groups in total. The van der Waals surface area contributed by atoms with Gasteiger partial charge in [0.2, 0.25) is 0 Å². The van der Waals surface area contributed by atoms with Gasteiger partial charge in [-0.1, -0.05) is 0 Å². The first-order chi connectivity index (χ1) is 10.2. The van der Waals surface area contributed by atoms with Crippen molar-refractivity contribution in [3.05, 3.63) is 52.1 Å². The van der Waals surface area contributed by atoms with Crippen LogP contribution in [-0.4, -0.2) is 9.55 Å². The molecule has 0 amide bonds. The van der Waals surface area contributed by atoms with Gasteiger partial charge in [0.25, 0.3) is 5.56 Å².